The van der Waals surface area contributed by atoms with Gasteiger partial charge in [-0.1, -0.05) is 6.92 Å². The van der Waals surface area contributed by atoms with Crippen LogP contribution in [-0.4, -0.2) is 56.5 Å². The van der Waals surface area contributed by atoms with E-state index in [4.69, 9.17) is 0 Å². The number of aromatic amines is 1. The van der Waals surface area contributed by atoms with Crippen LogP contribution >= 0.6 is 0 Å². The van der Waals surface area contributed by atoms with Gasteiger partial charge in [0.2, 0.25) is 0 Å². The van der Waals surface area contributed by atoms with Crippen molar-refractivity contribution >= 4 is 6.08 Å². The Morgan fingerprint density at radius 2 is 2.07 bits per heavy atom. The van der Waals surface area contributed by atoms with Crippen molar-refractivity contribution in [1.29, 1.82) is 0 Å². The minimum Gasteiger partial charge on any atom is -0.394 e. The van der Waals surface area contributed by atoms with Crippen LogP contribution in [0.1, 0.15) is 55.8 Å². The maximum absolute atomic E-state index is 15.2. The summed E-state index contributed by atoms with van der Waals surface area (Å²) < 4.78 is 16.9. The van der Waals surface area contributed by atoms with Crippen LogP contribution in [0.4, 0.5) is 4.39 Å². The summed E-state index contributed by atoms with van der Waals surface area (Å²) in [7, 11) is 0. The summed E-state index contributed by atoms with van der Waals surface area (Å²) in [6.45, 7) is 2.75. The Morgan fingerprint density at radius 3 is 2.68 bits per heavy atom. The van der Waals surface area contributed by atoms with Gasteiger partial charge in [-0.15, -0.1) is 0 Å². The molecule has 0 aromatic carbocycles. The fraction of sp³-hybridized carbons (Fsp3) is 0.700. The van der Waals surface area contributed by atoms with Crippen molar-refractivity contribution in [2.45, 2.75) is 56.7 Å². The van der Waals surface area contributed by atoms with E-state index in [1.807, 2.05) is 11.8 Å². The molecule has 1 aromatic rings. The number of hydrogen-bond acceptors (Lipinski definition) is 5. The van der Waals surface area contributed by atoms with E-state index in [-0.39, 0.29) is 41.3 Å². The van der Waals surface area contributed by atoms with Gasteiger partial charge in [-0.25, -0.2) is 9.18 Å². The molecule has 4 atom stereocenters. The Balaban J connectivity index is 1.55. The molecule has 4 unspecified atom stereocenters. The molecule has 0 amide bonds. The molecule has 4 aliphatic rings. The predicted octanol–water partition coefficient (Wildman–Crippen LogP) is 0.733. The number of nitrogens with zero attached hydrogens (tertiary/aromatic N) is 2. The quantitative estimate of drug-likeness (QED) is 0.703. The molecular formula is C20H26FN3O4. The minimum atomic E-state index is -0.807. The Kier molecular flexibility index (Phi) is 3.99. The largest absolute Gasteiger partial charge is 0.394 e. The summed E-state index contributed by atoms with van der Waals surface area (Å²) in [5.41, 5.74) is -0.127. The van der Waals surface area contributed by atoms with Crippen LogP contribution in [0.5, 0.6) is 0 Å². The van der Waals surface area contributed by atoms with Crippen LogP contribution < -0.4 is 11.2 Å². The normalized spacial score (nSPS) is 32.3. The Labute approximate surface area is 161 Å². The monoisotopic (exact) mass is 391 g/mol. The number of aromatic nitrogens is 2. The molecule has 7 nitrogen and oxygen atoms in total. The van der Waals surface area contributed by atoms with Gasteiger partial charge in [0.1, 0.15) is 5.83 Å². The fourth-order valence-electron chi connectivity index (χ4n) is 5.57. The van der Waals surface area contributed by atoms with Gasteiger partial charge in [-0.05, 0) is 37.2 Å². The first kappa shape index (κ1) is 18.3. The van der Waals surface area contributed by atoms with Gasteiger partial charge in [0, 0.05) is 36.7 Å². The maximum atomic E-state index is 15.2. The molecule has 28 heavy (non-hydrogen) atoms. The molecule has 2 saturated carbocycles. The number of likely N-dealkylation sites (tertiary alicyclic amines) is 1. The number of aliphatic hydroxyl groups excluding tert-OH is 2. The van der Waals surface area contributed by atoms with E-state index in [0.29, 0.717) is 18.8 Å². The van der Waals surface area contributed by atoms with Gasteiger partial charge in [0.25, 0.3) is 5.56 Å². The molecule has 2 heterocycles. The first-order valence-electron chi connectivity index (χ1n) is 10.1. The summed E-state index contributed by atoms with van der Waals surface area (Å²) in [5, 5.41) is 19.7. The van der Waals surface area contributed by atoms with E-state index >= 15 is 4.39 Å². The van der Waals surface area contributed by atoms with Crippen molar-refractivity contribution in [2.75, 3.05) is 19.7 Å². The second-order valence-corrected chi connectivity index (χ2v) is 9.07. The lowest BCUT2D eigenvalue weighted by molar-refractivity contribution is 0.0305. The van der Waals surface area contributed by atoms with Crippen molar-refractivity contribution in [2.24, 2.45) is 11.3 Å². The molecule has 152 valence electrons. The average molecular weight is 391 g/mol. The smallest absolute Gasteiger partial charge is 0.328 e. The van der Waals surface area contributed by atoms with Crippen molar-refractivity contribution in [3.8, 4) is 0 Å². The summed E-state index contributed by atoms with van der Waals surface area (Å²) >= 11 is 0. The van der Waals surface area contributed by atoms with Crippen molar-refractivity contribution in [3.05, 3.63) is 37.9 Å². The van der Waals surface area contributed by atoms with Gasteiger partial charge in [-0.3, -0.25) is 19.2 Å². The van der Waals surface area contributed by atoms with Crippen LogP contribution in [-0.2, 0) is 0 Å². The third kappa shape index (κ3) is 2.58. The molecule has 1 aliphatic heterocycles. The van der Waals surface area contributed by atoms with Crippen LogP contribution in [0, 0.1) is 11.3 Å². The second kappa shape index (κ2) is 6.11. The minimum absolute atomic E-state index is 0.0489. The third-order valence-electron chi connectivity index (χ3n) is 7.27. The zero-order valence-electron chi connectivity index (χ0n) is 15.9. The zero-order chi connectivity index (χ0) is 19.8. The number of halogens is 1. The van der Waals surface area contributed by atoms with Crippen LogP contribution in [0.2, 0.25) is 0 Å². The number of aliphatic hydroxyl groups is 2. The van der Waals surface area contributed by atoms with E-state index in [0.717, 1.165) is 25.7 Å². The highest BCUT2D eigenvalue weighted by Crippen LogP contribution is 2.58. The van der Waals surface area contributed by atoms with Crippen molar-refractivity contribution in [3.63, 3.8) is 0 Å². The average Bonchev–Trinajstić information content (AvgIpc) is 3.55. The maximum Gasteiger partial charge on any atom is 0.328 e. The fourth-order valence-corrected chi connectivity index (χ4v) is 5.57. The number of rotatable bonds is 4. The lowest BCUT2D eigenvalue weighted by Crippen LogP contribution is -2.45. The summed E-state index contributed by atoms with van der Waals surface area (Å²) in [4.78, 5) is 29.2. The first-order chi connectivity index (χ1) is 13.4. The topological polar surface area (TPSA) is 98.6 Å². The lowest BCUT2D eigenvalue weighted by atomic mass is 9.87. The standard InChI is InChI=1S/C20H26FN3O4/c1-10-16-12(18(27)22-19(28)24(16)11-2-3-11)6-14(21)17(10)23-7-13(15(26)8-25)20(9-23)4-5-20/h6,10-11,13,15,17,25-26H,2-5,7-9H2,1H3,(H,22,27,28). The lowest BCUT2D eigenvalue weighted by Gasteiger charge is -2.36. The van der Waals surface area contributed by atoms with Gasteiger partial charge >= 0.3 is 5.69 Å². The molecular weight excluding hydrogens is 365 g/mol. The van der Waals surface area contributed by atoms with Crippen molar-refractivity contribution < 1.29 is 14.6 Å². The molecule has 5 rings (SSSR count). The Hall–Kier alpha value is -1.77. The molecule has 0 radical (unpaired) electrons. The van der Waals surface area contributed by atoms with E-state index in [1.165, 1.54) is 6.08 Å². The molecule has 1 aromatic heterocycles. The van der Waals surface area contributed by atoms with Gasteiger partial charge in [0.05, 0.1) is 24.3 Å². The van der Waals surface area contributed by atoms with E-state index in [9.17, 15) is 19.8 Å². The molecule has 1 saturated heterocycles. The molecule has 0 bridgehead atoms. The predicted molar refractivity (Wildman–Crippen MR) is 101 cm³/mol. The zero-order valence-corrected chi connectivity index (χ0v) is 15.9. The third-order valence-corrected chi connectivity index (χ3v) is 7.27. The summed E-state index contributed by atoms with van der Waals surface area (Å²) in [5.74, 6) is -0.804. The molecule has 1 spiro atoms. The highest BCUT2D eigenvalue weighted by Gasteiger charge is 2.59. The first-order valence-corrected chi connectivity index (χ1v) is 10.1. The van der Waals surface area contributed by atoms with E-state index in [2.05, 4.69) is 4.98 Å². The van der Waals surface area contributed by atoms with Crippen LogP contribution in [0.25, 0.3) is 6.08 Å². The Morgan fingerprint density at radius 1 is 1.36 bits per heavy atom. The highest BCUT2D eigenvalue weighted by atomic mass is 19.1. The SMILES string of the molecule is CC1c2c(c(=O)[nH]c(=O)n2C2CC2)C=C(F)C1N1CC(C(O)CO)C2(CC2)C1. The second-order valence-electron chi connectivity index (χ2n) is 9.07. The van der Waals surface area contributed by atoms with Crippen molar-refractivity contribution in [1.82, 2.24) is 14.5 Å². The Bertz CT molecular complexity index is 959. The number of H-pyrrole nitrogens is 1. The molecule has 3 fully saturated rings. The number of hydrogen-bond donors (Lipinski definition) is 3. The van der Waals surface area contributed by atoms with Crippen LogP contribution in [0.3, 0.4) is 0 Å². The summed E-state index contributed by atoms with van der Waals surface area (Å²) in [6.07, 6.45) is 4.20. The number of fused-ring (bicyclic) bond motifs is 1. The van der Waals surface area contributed by atoms with E-state index in [1.54, 1.807) is 4.57 Å². The van der Waals surface area contributed by atoms with Crippen LogP contribution in [0.15, 0.2) is 15.4 Å². The van der Waals surface area contributed by atoms with Gasteiger partial charge in [-0.2, -0.15) is 0 Å². The van der Waals surface area contributed by atoms with Gasteiger partial charge in [0.15, 0.2) is 0 Å². The molecule has 3 aliphatic carbocycles. The van der Waals surface area contributed by atoms with Gasteiger partial charge < -0.3 is 10.2 Å². The summed E-state index contributed by atoms with van der Waals surface area (Å²) in [6, 6.07) is -0.486. The van der Waals surface area contributed by atoms with E-state index < -0.39 is 23.4 Å². The molecule has 3 N–H and O–H groups in total. The molecule has 8 heteroatoms. The highest BCUT2D eigenvalue weighted by molar-refractivity contribution is 5.59. The number of nitrogens with one attached hydrogen (secondary N) is 1.